The minimum atomic E-state index is 0.149. The third kappa shape index (κ3) is 1.56. The van der Waals surface area contributed by atoms with E-state index in [0.29, 0.717) is 0 Å². The smallest absolute Gasteiger partial charge is 0.219 e. The van der Waals surface area contributed by atoms with Gasteiger partial charge in [0, 0.05) is 10.9 Å². The highest BCUT2D eigenvalue weighted by molar-refractivity contribution is 8.13. The molecule has 0 bridgehead atoms. The maximum absolute atomic E-state index is 10.8. The van der Waals surface area contributed by atoms with Gasteiger partial charge in [-0.25, -0.2) is 0 Å². The van der Waals surface area contributed by atoms with Gasteiger partial charge in [0.05, 0.1) is 0 Å². The Hall–Kier alpha value is -0.280. The van der Waals surface area contributed by atoms with E-state index in [1.807, 2.05) is 16.8 Å². The van der Waals surface area contributed by atoms with Crippen LogP contribution in [0.15, 0.2) is 16.8 Å². The molecule has 1 aromatic rings. The monoisotopic (exact) mass is 158 g/mol. The van der Waals surface area contributed by atoms with Crippen LogP contribution in [0.4, 0.5) is 0 Å². The van der Waals surface area contributed by atoms with Crippen molar-refractivity contribution in [3.63, 3.8) is 0 Å². The fraction of sp³-hybridized carbons (Fsp3) is 0.167. The van der Waals surface area contributed by atoms with E-state index in [2.05, 4.69) is 0 Å². The highest BCUT2D eigenvalue weighted by Gasteiger charge is 2.01. The Balaban J connectivity index is 2.77. The normalized spacial score (nSPS) is 9.44. The summed E-state index contributed by atoms with van der Waals surface area (Å²) >= 11 is 2.80. The fourth-order valence-electron chi connectivity index (χ4n) is 0.498. The Kier molecular flexibility index (Phi) is 2.30. The minimum absolute atomic E-state index is 0.149. The lowest BCUT2D eigenvalue weighted by Gasteiger charge is -1.86. The molecular weight excluding hydrogens is 152 g/mol. The van der Waals surface area contributed by atoms with Crippen LogP contribution in [0.1, 0.15) is 10.4 Å². The number of hydrogen-bond acceptors (Lipinski definition) is 3. The molecule has 0 radical (unpaired) electrons. The predicted molar refractivity (Wildman–Crippen MR) is 42.2 cm³/mol. The van der Waals surface area contributed by atoms with Gasteiger partial charge in [-0.3, -0.25) is 4.79 Å². The fourth-order valence-corrected chi connectivity index (χ4v) is 1.57. The summed E-state index contributed by atoms with van der Waals surface area (Å²) in [6, 6.07) is 1.84. The lowest BCUT2D eigenvalue weighted by Crippen LogP contribution is -1.86. The molecule has 0 aliphatic rings. The van der Waals surface area contributed by atoms with Gasteiger partial charge in [-0.2, -0.15) is 11.3 Å². The number of hydrogen-bond donors (Lipinski definition) is 0. The van der Waals surface area contributed by atoms with E-state index in [1.165, 1.54) is 11.8 Å². The van der Waals surface area contributed by atoms with Gasteiger partial charge in [0.25, 0.3) is 0 Å². The topological polar surface area (TPSA) is 17.1 Å². The van der Waals surface area contributed by atoms with Gasteiger partial charge in [-0.15, -0.1) is 0 Å². The maximum atomic E-state index is 10.8. The van der Waals surface area contributed by atoms with Crippen LogP contribution >= 0.6 is 23.1 Å². The van der Waals surface area contributed by atoms with E-state index in [-0.39, 0.29) is 5.12 Å². The molecule has 0 amide bonds. The molecule has 48 valence electrons. The summed E-state index contributed by atoms with van der Waals surface area (Å²) in [7, 11) is 0. The molecule has 1 heterocycles. The standard InChI is InChI=1S/C6H6OS2/c1-8-6(7)5-2-3-9-4-5/h2-4H,1H3. The molecule has 0 unspecified atom stereocenters. The molecular formula is C6H6OS2. The van der Waals surface area contributed by atoms with Crippen LogP contribution in [0.25, 0.3) is 0 Å². The van der Waals surface area contributed by atoms with Gasteiger partial charge in [0.2, 0.25) is 5.12 Å². The van der Waals surface area contributed by atoms with Gasteiger partial charge in [-0.1, -0.05) is 11.8 Å². The highest BCUT2D eigenvalue weighted by Crippen LogP contribution is 2.12. The molecule has 0 atom stereocenters. The molecule has 0 spiro atoms. The van der Waals surface area contributed by atoms with Gasteiger partial charge in [0.15, 0.2) is 0 Å². The largest absolute Gasteiger partial charge is 0.282 e. The Labute approximate surface area is 62.1 Å². The Morgan fingerprint density at radius 1 is 1.78 bits per heavy atom. The lowest BCUT2D eigenvalue weighted by atomic mass is 10.4. The third-order valence-corrected chi connectivity index (χ3v) is 2.23. The average Bonchev–Trinajstić information content (AvgIpc) is 2.37. The first-order chi connectivity index (χ1) is 4.34. The Bertz CT molecular complexity index is 191. The zero-order valence-corrected chi connectivity index (χ0v) is 6.59. The van der Waals surface area contributed by atoms with Crippen LogP contribution < -0.4 is 0 Å². The van der Waals surface area contributed by atoms with Crippen LogP contribution in [0.3, 0.4) is 0 Å². The molecule has 1 rings (SSSR count). The second-order valence-corrected chi connectivity index (χ2v) is 3.06. The summed E-state index contributed by atoms with van der Waals surface area (Å²) in [5.41, 5.74) is 0.813. The first kappa shape index (κ1) is 6.83. The molecule has 3 heteroatoms. The van der Waals surface area contributed by atoms with Crippen LogP contribution in [-0.2, 0) is 0 Å². The van der Waals surface area contributed by atoms with Crippen molar-refractivity contribution in [2.45, 2.75) is 0 Å². The molecule has 0 N–H and O–H groups in total. The first-order valence-electron chi connectivity index (χ1n) is 2.45. The molecule has 0 aliphatic carbocycles. The van der Waals surface area contributed by atoms with Crippen molar-refractivity contribution in [2.24, 2.45) is 0 Å². The van der Waals surface area contributed by atoms with E-state index < -0.39 is 0 Å². The van der Waals surface area contributed by atoms with Gasteiger partial charge < -0.3 is 0 Å². The molecule has 0 saturated heterocycles. The highest BCUT2D eigenvalue weighted by atomic mass is 32.2. The second kappa shape index (κ2) is 3.03. The van der Waals surface area contributed by atoms with E-state index in [0.717, 1.165) is 5.56 Å². The number of thioether (sulfide) groups is 1. The number of carbonyl (C=O) groups excluding carboxylic acids is 1. The van der Waals surface area contributed by atoms with Crippen LogP contribution in [0.5, 0.6) is 0 Å². The van der Waals surface area contributed by atoms with Crippen LogP contribution in [-0.4, -0.2) is 11.4 Å². The summed E-state index contributed by atoms with van der Waals surface area (Å²) < 4.78 is 0. The van der Waals surface area contributed by atoms with Crippen molar-refractivity contribution in [2.75, 3.05) is 6.26 Å². The van der Waals surface area contributed by atoms with Crippen molar-refractivity contribution >= 4 is 28.2 Å². The Morgan fingerprint density at radius 2 is 2.56 bits per heavy atom. The summed E-state index contributed by atoms with van der Waals surface area (Å²) in [5, 5.41) is 3.92. The third-order valence-electron chi connectivity index (χ3n) is 0.942. The van der Waals surface area contributed by atoms with Crippen molar-refractivity contribution in [3.8, 4) is 0 Å². The lowest BCUT2D eigenvalue weighted by molar-refractivity contribution is 0.109. The summed E-state index contributed by atoms with van der Waals surface area (Å²) in [6.07, 6.45) is 1.79. The number of rotatable bonds is 1. The van der Waals surface area contributed by atoms with Crippen LogP contribution in [0, 0.1) is 0 Å². The zero-order chi connectivity index (χ0) is 6.69. The van der Waals surface area contributed by atoms with Gasteiger partial charge >= 0.3 is 0 Å². The quantitative estimate of drug-likeness (QED) is 0.623. The molecule has 0 saturated carbocycles. The van der Waals surface area contributed by atoms with Crippen LogP contribution in [0.2, 0.25) is 0 Å². The Morgan fingerprint density at radius 3 is 3.00 bits per heavy atom. The molecule has 1 aromatic heterocycles. The van der Waals surface area contributed by atoms with E-state index in [9.17, 15) is 4.79 Å². The second-order valence-electron chi connectivity index (χ2n) is 1.50. The van der Waals surface area contributed by atoms with E-state index >= 15 is 0 Å². The first-order valence-corrected chi connectivity index (χ1v) is 4.62. The van der Waals surface area contributed by atoms with Gasteiger partial charge in [-0.05, 0) is 17.7 Å². The van der Waals surface area contributed by atoms with Crippen molar-refractivity contribution < 1.29 is 4.79 Å². The number of carbonyl (C=O) groups is 1. The zero-order valence-electron chi connectivity index (χ0n) is 4.96. The van der Waals surface area contributed by atoms with Gasteiger partial charge in [0.1, 0.15) is 0 Å². The van der Waals surface area contributed by atoms with Crippen molar-refractivity contribution in [3.05, 3.63) is 22.4 Å². The molecule has 1 nitrogen and oxygen atoms in total. The summed E-state index contributed by atoms with van der Waals surface area (Å²) in [6.45, 7) is 0. The molecule has 0 aromatic carbocycles. The maximum Gasteiger partial charge on any atom is 0.219 e. The number of thiophene rings is 1. The minimum Gasteiger partial charge on any atom is -0.282 e. The van der Waals surface area contributed by atoms with Crippen molar-refractivity contribution in [1.82, 2.24) is 0 Å². The molecule has 0 aliphatic heterocycles. The molecule has 9 heavy (non-hydrogen) atoms. The predicted octanol–water partition coefficient (Wildman–Crippen LogP) is 2.25. The van der Waals surface area contributed by atoms with Crippen molar-refractivity contribution in [1.29, 1.82) is 0 Å². The van der Waals surface area contributed by atoms with E-state index in [4.69, 9.17) is 0 Å². The summed E-state index contributed by atoms with van der Waals surface area (Å²) in [5.74, 6) is 0. The van der Waals surface area contributed by atoms with E-state index in [1.54, 1.807) is 17.6 Å². The average molecular weight is 158 g/mol. The molecule has 0 fully saturated rings. The summed E-state index contributed by atoms with van der Waals surface area (Å²) in [4.78, 5) is 10.8. The SMILES string of the molecule is CSC(=O)c1ccsc1.